The minimum Gasteiger partial charge on any atom is -0.480 e. The smallest absolute Gasteiger partial charge is 0.329 e. The molecule has 1 atom stereocenters. The third-order valence-electron chi connectivity index (χ3n) is 4.73. The molecule has 0 aliphatic heterocycles. The van der Waals surface area contributed by atoms with E-state index in [1.807, 2.05) is 6.92 Å². The molecule has 4 nitrogen and oxygen atoms in total. The average Bonchev–Trinajstić information content (AvgIpc) is 2.49. The minimum atomic E-state index is -1.35. The largest absolute Gasteiger partial charge is 0.480 e. The van der Waals surface area contributed by atoms with Crippen LogP contribution in [0.2, 0.25) is 0 Å². The monoisotopic (exact) mass is 325 g/mol. The van der Waals surface area contributed by atoms with Crippen molar-refractivity contribution in [2.24, 2.45) is 5.92 Å². The van der Waals surface area contributed by atoms with Crippen LogP contribution in [-0.2, 0) is 9.59 Å². The molecule has 2 rings (SSSR count). The van der Waals surface area contributed by atoms with Crippen LogP contribution in [0.4, 0.5) is 8.78 Å². The maximum atomic E-state index is 13.8. The number of carboxylic acid groups (broad SMARTS) is 1. The average molecular weight is 325 g/mol. The first kappa shape index (κ1) is 17.4. The summed E-state index contributed by atoms with van der Waals surface area (Å²) in [5.74, 6) is -4.10. The maximum absolute atomic E-state index is 13.8. The number of nitrogens with one attached hydrogen (secondary N) is 1. The van der Waals surface area contributed by atoms with Crippen LogP contribution in [0, 0.1) is 17.6 Å². The van der Waals surface area contributed by atoms with Crippen molar-refractivity contribution >= 4 is 11.9 Å². The van der Waals surface area contributed by atoms with Gasteiger partial charge in [-0.15, -0.1) is 0 Å². The Balaban J connectivity index is 2.21. The predicted octanol–water partition coefficient (Wildman–Crippen LogP) is 3.22. The van der Waals surface area contributed by atoms with Crippen molar-refractivity contribution < 1.29 is 23.5 Å². The van der Waals surface area contributed by atoms with E-state index in [1.165, 1.54) is 13.0 Å². The topological polar surface area (TPSA) is 66.4 Å². The Bertz CT molecular complexity index is 590. The lowest BCUT2D eigenvalue weighted by atomic mass is 9.76. The second kappa shape index (κ2) is 6.64. The summed E-state index contributed by atoms with van der Waals surface area (Å²) in [6.07, 6.45) is 2.02. The molecule has 126 valence electrons. The van der Waals surface area contributed by atoms with Crippen LogP contribution in [0.5, 0.6) is 0 Å². The quantitative estimate of drug-likeness (QED) is 0.893. The van der Waals surface area contributed by atoms with E-state index in [1.54, 1.807) is 0 Å². The first-order valence-electron chi connectivity index (χ1n) is 7.76. The van der Waals surface area contributed by atoms with Crippen molar-refractivity contribution in [3.63, 3.8) is 0 Å². The molecule has 1 saturated carbocycles. The van der Waals surface area contributed by atoms with Gasteiger partial charge in [0.05, 0.1) is 5.92 Å². The molecule has 1 aliphatic rings. The van der Waals surface area contributed by atoms with Crippen molar-refractivity contribution in [2.45, 2.75) is 51.0 Å². The molecule has 0 radical (unpaired) electrons. The molecule has 1 unspecified atom stereocenters. The van der Waals surface area contributed by atoms with Gasteiger partial charge in [-0.1, -0.05) is 13.0 Å². The Labute approximate surface area is 133 Å². The lowest BCUT2D eigenvalue weighted by molar-refractivity contribution is -0.149. The molecule has 0 aromatic heterocycles. The predicted molar refractivity (Wildman–Crippen MR) is 80.9 cm³/mol. The van der Waals surface area contributed by atoms with Crippen LogP contribution in [0.1, 0.15) is 51.0 Å². The van der Waals surface area contributed by atoms with Gasteiger partial charge < -0.3 is 10.4 Å². The summed E-state index contributed by atoms with van der Waals surface area (Å²) >= 11 is 0. The summed E-state index contributed by atoms with van der Waals surface area (Å²) in [4.78, 5) is 24.0. The van der Waals surface area contributed by atoms with E-state index in [0.29, 0.717) is 31.6 Å². The number of amides is 1. The Morgan fingerprint density at radius 1 is 1.26 bits per heavy atom. The number of rotatable bonds is 4. The lowest BCUT2D eigenvalue weighted by Crippen LogP contribution is -2.57. The zero-order valence-corrected chi connectivity index (χ0v) is 13.2. The fraction of sp³-hybridized carbons (Fsp3) is 0.529. The molecule has 0 bridgehead atoms. The maximum Gasteiger partial charge on any atom is 0.329 e. The number of carbonyl (C=O) groups is 2. The van der Waals surface area contributed by atoms with Crippen molar-refractivity contribution in [1.29, 1.82) is 0 Å². The fourth-order valence-corrected chi connectivity index (χ4v) is 3.05. The summed E-state index contributed by atoms with van der Waals surface area (Å²) in [5, 5.41) is 12.1. The third kappa shape index (κ3) is 3.51. The minimum absolute atomic E-state index is 0.321. The molecule has 1 aromatic rings. The van der Waals surface area contributed by atoms with Gasteiger partial charge in [0, 0.05) is 5.56 Å². The zero-order chi connectivity index (χ0) is 17.2. The summed E-state index contributed by atoms with van der Waals surface area (Å²) in [5.41, 5.74) is -1.69. The van der Waals surface area contributed by atoms with Gasteiger partial charge >= 0.3 is 5.97 Å². The Morgan fingerprint density at radius 2 is 1.78 bits per heavy atom. The molecular weight excluding hydrogens is 304 g/mol. The molecule has 0 spiro atoms. The summed E-state index contributed by atoms with van der Waals surface area (Å²) < 4.78 is 27.6. The van der Waals surface area contributed by atoms with Crippen molar-refractivity contribution in [2.75, 3.05) is 0 Å². The SMILES string of the molecule is CC1CCC(NC(=O)C(C)c2c(F)cccc2F)(C(=O)O)CC1. The molecule has 0 heterocycles. The van der Waals surface area contributed by atoms with E-state index in [9.17, 15) is 23.5 Å². The summed E-state index contributed by atoms with van der Waals surface area (Å²) in [7, 11) is 0. The van der Waals surface area contributed by atoms with Crippen molar-refractivity contribution in [1.82, 2.24) is 5.32 Å². The van der Waals surface area contributed by atoms with Crippen LogP contribution in [0.25, 0.3) is 0 Å². The number of aliphatic carboxylic acids is 1. The van der Waals surface area contributed by atoms with Gasteiger partial charge in [-0.25, -0.2) is 13.6 Å². The van der Waals surface area contributed by atoms with Crippen molar-refractivity contribution in [3.8, 4) is 0 Å². The van der Waals surface area contributed by atoms with Crippen LogP contribution in [0.3, 0.4) is 0 Å². The van der Waals surface area contributed by atoms with E-state index in [0.717, 1.165) is 12.1 Å². The zero-order valence-electron chi connectivity index (χ0n) is 13.2. The second-order valence-corrected chi connectivity index (χ2v) is 6.42. The highest BCUT2D eigenvalue weighted by Gasteiger charge is 2.43. The molecule has 23 heavy (non-hydrogen) atoms. The highest BCUT2D eigenvalue weighted by Crippen LogP contribution is 2.33. The van der Waals surface area contributed by atoms with Gasteiger partial charge in [-0.2, -0.15) is 0 Å². The third-order valence-corrected chi connectivity index (χ3v) is 4.73. The molecule has 2 N–H and O–H groups in total. The molecule has 1 fully saturated rings. The molecule has 1 amide bonds. The number of benzene rings is 1. The van der Waals surface area contributed by atoms with Gasteiger partial charge in [0.1, 0.15) is 17.2 Å². The Kier molecular flexibility index (Phi) is 5.02. The highest BCUT2D eigenvalue weighted by molar-refractivity contribution is 5.90. The standard InChI is InChI=1S/C17H21F2NO3/c1-10-6-8-17(9-7-10,16(22)23)20-15(21)11(2)14-12(18)4-3-5-13(14)19/h3-5,10-11H,6-9H2,1-2H3,(H,20,21)(H,22,23). The normalized spacial score (nSPS) is 25.7. The number of halogens is 2. The van der Waals surface area contributed by atoms with Crippen LogP contribution in [-0.4, -0.2) is 22.5 Å². The highest BCUT2D eigenvalue weighted by atomic mass is 19.1. The fourth-order valence-electron chi connectivity index (χ4n) is 3.05. The van der Waals surface area contributed by atoms with Crippen LogP contribution < -0.4 is 5.32 Å². The van der Waals surface area contributed by atoms with E-state index >= 15 is 0 Å². The molecule has 1 aliphatic carbocycles. The molecule has 6 heteroatoms. The van der Waals surface area contributed by atoms with Gasteiger partial charge in [-0.05, 0) is 50.7 Å². The van der Waals surface area contributed by atoms with Crippen LogP contribution in [0.15, 0.2) is 18.2 Å². The van der Waals surface area contributed by atoms with Gasteiger partial charge in [0.15, 0.2) is 0 Å². The first-order chi connectivity index (χ1) is 10.8. The van der Waals surface area contributed by atoms with E-state index in [4.69, 9.17) is 0 Å². The summed E-state index contributed by atoms with van der Waals surface area (Å²) in [6.45, 7) is 3.41. The van der Waals surface area contributed by atoms with E-state index in [2.05, 4.69) is 5.32 Å². The molecular formula is C17H21F2NO3. The van der Waals surface area contributed by atoms with Crippen LogP contribution >= 0.6 is 0 Å². The lowest BCUT2D eigenvalue weighted by Gasteiger charge is -2.37. The van der Waals surface area contributed by atoms with Gasteiger partial charge in [-0.3, -0.25) is 4.79 Å². The molecule has 1 aromatic carbocycles. The second-order valence-electron chi connectivity index (χ2n) is 6.42. The van der Waals surface area contributed by atoms with Crippen molar-refractivity contribution in [3.05, 3.63) is 35.4 Å². The number of carboxylic acids is 1. The van der Waals surface area contributed by atoms with E-state index in [-0.39, 0.29) is 5.56 Å². The Hall–Kier alpha value is -1.98. The number of carbonyl (C=O) groups excluding carboxylic acids is 1. The summed E-state index contributed by atoms with van der Waals surface area (Å²) in [6, 6.07) is 3.38. The molecule has 0 saturated heterocycles. The van der Waals surface area contributed by atoms with Gasteiger partial charge in [0.25, 0.3) is 0 Å². The number of hydrogen-bond donors (Lipinski definition) is 2. The van der Waals surface area contributed by atoms with E-state index < -0.39 is 35.0 Å². The van der Waals surface area contributed by atoms with Gasteiger partial charge in [0.2, 0.25) is 5.91 Å². The Morgan fingerprint density at radius 3 is 2.26 bits per heavy atom. The first-order valence-corrected chi connectivity index (χ1v) is 7.76. The number of hydrogen-bond acceptors (Lipinski definition) is 2.